The van der Waals surface area contributed by atoms with E-state index in [1.54, 1.807) is 14.2 Å². The van der Waals surface area contributed by atoms with E-state index in [0.29, 0.717) is 0 Å². The predicted molar refractivity (Wildman–Crippen MR) is 86.2 cm³/mol. The molecule has 0 unspecified atom stereocenters. The van der Waals surface area contributed by atoms with Gasteiger partial charge in [-0.15, -0.1) is 0 Å². The molecule has 0 bridgehead atoms. The summed E-state index contributed by atoms with van der Waals surface area (Å²) in [6.07, 6.45) is 0.862. The topological polar surface area (TPSA) is 56.3 Å². The van der Waals surface area contributed by atoms with Gasteiger partial charge in [-0.25, -0.2) is 9.97 Å². The van der Waals surface area contributed by atoms with E-state index in [1.807, 2.05) is 31.2 Å². The van der Waals surface area contributed by atoms with Crippen LogP contribution in [0.15, 0.2) is 28.9 Å². The summed E-state index contributed by atoms with van der Waals surface area (Å²) in [6, 6.07) is 7.80. The number of rotatable bonds is 6. The zero-order chi connectivity index (χ0) is 15.2. The maximum absolute atomic E-state index is 5.30. The molecular weight excluding hydrogens is 334 g/mol. The monoisotopic (exact) mass is 351 g/mol. The van der Waals surface area contributed by atoms with E-state index in [4.69, 9.17) is 9.47 Å². The van der Waals surface area contributed by atoms with Gasteiger partial charge in [-0.05, 0) is 47.0 Å². The van der Waals surface area contributed by atoms with Crippen molar-refractivity contribution in [3.05, 3.63) is 40.3 Å². The Morgan fingerprint density at radius 2 is 1.86 bits per heavy atom. The van der Waals surface area contributed by atoms with Crippen molar-refractivity contribution in [1.29, 1.82) is 0 Å². The first-order valence-electron chi connectivity index (χ1n) is 6.58. The van der Waals surface area contributed by atoms with E-state index in [1.165, 1.54) is 5.56 Å². The largest absolute Gasteiger partial charge is 0.493 e. The number of aromatic nitrogens is 2. The Morgan fingerprint density at radius 1 is 1.10 bits per heavy atom. The zero-order valence-electron chi connectivity index (χ0n) is 12.3. The standard InChI is InChI=1S/C15H18BrN3O2/c1-10-18-14(16)9-15(19-10)17-7-6-11-4-5-12(20-2)13(8-11)21-3/h4-5,8-9H,6-7H2,1-3H3,(H,17,18,19). The Kier molecular flexibility index (Phi) is 5.38. The van der Waals surface area contributed by atoms with Gasteiger partial charge in [-0.3, -0.25) is 0 Å². The van der Waals surface area contributed by atoms with Crippen LogP contribution >= 0.6 is 15.9 Å². The fourth-order valence-corrected chi connectivity index (χ4v) is 2.47. The molecule has 112 valence electrons. The van der Waals surface area contributed by atoms with Gasteiger partial charge in [0.25, 0.3) is 0 Å². The quantitative estimate of drug-likeness (QED) is 0.809. The lowest BCUT2D eigenvalue weighted by molar-refractivity contribution is 0.354. The summed E-state index contributed by atoms with van der Waals surface area (Å²) in [7, 11) is 3.27. The number of hydrogen-bond acceptors (Lipinski definition) is 5. The van der Waals surface area contributed by atoms with E-state index >= 15 is 0 Å². The highest BCUT2D eigenvalue weighted by Crippen LogP contribution is 2.27. The van der Waals surface area contributed by atoms with Gasteiger partial charge >= 0.3 is 0 Å². The van der Waals surface area contributed by atoms with Crippen molar-refractivity contribution in [2.45, 2.75) is 13.3 Å². The first-order chi connectivity index (χ1) is 10.1. The fourth-order valence-electron chi connectivity index (χ4n) is 1.99. The lowest BCUT2D eigenvalue weighted by atomic mass is 10.1. The smallest absolute Gasteiger partial charge is 0.160 e. The van der Waals surface area contributed by atoms with Gasteiger partial charge in [0, 0.05) is 12.6 Å². The summed E-state index contributed by atoms with van der Waals surface area (Å²) >= 11 is 3.36. The van der Waals surface area contributed by atoms with E-state index < -0.39 is 0 Å². The van der Waals surface area contributed by atoms with Crippen molar-refractivity contribution >= 4 is 21.7 Å². The second kappa shape index (κ2) is 7.26. The number of nitrogens with zero attached hydrogens (tertiary/aromatic N) is 2. The van der Waals surface area contributed by atoms with Crippen LogP contribution in [-0.2, 0) is 6.42 Å². The molecule has 21 heavy (non-hydrogen) atoms. The molecule has 0 amide bonds. The van der Waals surface area contributed by atoms with Crippen LogP contribution in [0.25, 0.3) is 0 Å². The summed E-state index contributed by atoms with van der Waals surface area (Å²) in [4.78, 5) is 8.51. The first-order valence-corrected chi connectivity index (χ1v) is 7.37. The average Bonchev–Trinajstić information content (AvgIpc) is 2.46. The lowest BCUT2D eigenvalue weighted by Crippen LogP contribution is -2.07. The maximum Gasteiger partial charge on any atom is 0.160 e. The Hall–Kier alpha value is -1.82. The van der Waals surface area contributed by atoms with E-state index in [2.05, 4.69) is 31.2 Å². The number of nitrogens with one attached hydrogen (secondary N) is 1. The van der Waals surface area contributed by atoms with Crippen LogP contribution in [0.2, 0.25) is 0 Å². The van der Waals surface area contributed by atoms with Crippen LogP contribution in [-0.4, -0.2) is 30.7 Å². The van der Waals surface area contributed by atoms with Gasteiger partial charge < -0.3 is 14.8 Å². The summed E-state index contributed by atoms with van der Waals surface area (Å²) in [5, 5.41) is 3.29. The molecule has 0 saturated carbocycles. The minimum atomic E-state index is 0.734. The van der Waals surface area contributed by atoms with Gasteiger partial charge in [0.05, 0.1) is 14.2 Å². The number of methoxy groups -OCH3 is 2. The molecule has 6 heteroatoms. The summed E-state index contributed by atoms with van der Waals surface area (Å²) in [5.74, 6) is 3.04. The van der Waals surface area contributed by atoms with E-state index in [9.17, 15) is 0 Å². The molecule has 0 saturated heterocycles. The Bertz CT molecular complexity index is 600. The Morgan fingerprint density at radius 3 is 2.52 bits per heavy atom. The molecule has 0 atom stereocenters. The number of aryl methyl sites for hydroxylation is 1. The maximum atomic E-state index is 5.30. The SMILES string of the molecule is COc1ccc(CCNc2cc(Br)nc(C)n2)cc1OC. The lowest BCUT2D eigenvalue weighted by Gasteiger charge is -2.10. The van der Waals surface area contributed by atoms with Crippen molar-refractivity contribution in [3.8, 4) is 11.5 Å². The summed E-state index contributed by atoms with van der Waals surface area (Å²) in [5.41, 5.74) is 1.17. The van der Waals surface area contributed by atoms with Crippen LogP contribution in [0.3, 0.4) is 0 Å². The molecular formula is C15H18BrN3O2. The summed E-state index contributed by atoms with van der Waals surface area (Å²) in [6.45, 7) is 2.64. The van der Waals surface area contributed by atoms with Crippen molar-refractivity contribution in [3.63, 3.8) is 0 Å². The van der Waals surface area contributed by atoms with Crippen LogP contribution in [0, 0.1) is 6.92 Å². The second-order valence-corrected chi connectivity index (χ2v) is 5.30. The highest BCUT2D eigenvalue weighted by atomic mass is 79.9. The molecule has 5 nitrogen and oxygen atoms in total. The van der Waals surface area contributed by atoms with Gasteiger partial charge in [-0.2, -0.15) is 0 Å². The molecule has 2 aromatic rings. The molecule has 1 aromatic carbocycles. The van der Waals surface area contributed by atoms with Crippen LogP contribution in [0.5, 0.6) is 11.5 Å². The average molecular weight is 352 g/mol. The highest BCUT2D eigenvalue weighted by Gasteiger charge is 2.05. The first kappa shape index (κ1) is 15.6. The molecule has 0 fully saturated rings. The van der Waals surface area contributed by atoms with Gasteiger partial charge in [0.15, 0.2) is 11.5 Å². The predicted octanol–water partition coefficient (Wildman–Crippen LogP) is 3.22. The third kappa shape index (κ3) is 4.32. The molecule has 0 aliphatic rings. The minimum absolute atomic E-state index is 0.734. The fraction of sp³-hybridized carbons (Fsp3) is 0.333. The Balaban J connectivity index is 1.97. The molecule has 0 spiro atoms. The number of anilines is 1. The highest BCUT2D eigenvalue weighted by molar-refractivity contribution is 9.10. The number of benzene rings is 1. The van der Waals surface area contributed by atoms with Crippen LogP contribution < -0.4 is 14.8 Å². The molecule has 2 rings (SSSR count). The van der Waals surface area contributed by atoms with Gasteiger partial charge in [0.1, 0.15) is 16.2 Å². The third-order valence-corrected chi connectivity index (χ3v) is 3.38. The molecule has 0 radical (unpaired) electrons. The van der Waals surface area contributed by atoms with Crippen molar-refractivity contribution in [2.24, 2.45) is 0 Å². The Labute approximate surface area is 132 Å². The van der Waals surface area contributed by atoms with Crippen LogP contribution in [0.4, 0.5) is 5.82 Å². The zero-order valence-corrected chi connectivity index (χ0v) is 13.9. The van der Waals surface area contributed by atoms with Crippen molar-refractivity contribution < 1.29 is 9.47 Å². The number of halogens is 1. The van der Waals surface area contributed by atoms with Crippen molar-refractivity contribution in [1.82, 2.24) is 9.97 Å². The van der Waals surface area contributed by atoms with Crippen molar-refractivity contribution in [2.75, 3.05) is 26.1 Å². The number of hydrogen-bond donors (Lipinski definition) is 1. The van der Waals surface area contributed by atoms with Gasteiger partial charge in [0.2, 0.25) is 0 Å². The summed E-state index contributed by atoms with van der Waals surface area (Å²) < 4.78 is 11.3. The molecule has 0 aliphatic heterocycles. The third-order valence-electron chi connectivity index (χ3n) is 2.97. The molecule has 1 heterocycles. The van der Waals surface area contributed by atoms with Crippen LogP contribution in [0.1, 0.15) is 11.4 Å². The molecule has 1 N–H and O–H groups in total. The van der Waals surface area contributed by atoms with Gasteiger partial charge in [-0.1, -0.05) is 6.07 Å². The normalized spacial score (nSPS) is 10.3. The minimum Gasteiger partial charge on any atom is -0.493 e. The number of ether oxygens (including phenoxy) is 2. The molecule has 0 aliphatic carbocycles. The van der Waals surface area contributed by atoms with E-state index in [-0.39, 0.29) is 0 Å². The molecule has 1 aromatic heterocycles. The van der Waals surface area contributed by atoms with E-state index in [0.717, 1.165) is 40.7 Å². The second-order valence-electron chi connectivity index (χ2n) is 4.49.